The van der Waals surface area contributed by atoms with Gasteiger partial charge in [-0.25, -0.2) is 0 Å². The number of ether oxygens (including phenoxy) is 1. The molecule has 2 rings (SSSR count). The molecular formula is C14H21N3O2. The zero-order valence-electron chi connectivity index (χ0n) is 11.3. The molecule has 1 aliphatic rings. The van der Waals surface area contributed by atoms with Crippen LogP contribution in [0.15, 0.2) is 24.3 Å². The Morgan fingerprint density at radius 3 is 2.53 bits per heavy atom. The largest absolute Gasteiger partial charge is 0.372 e. The summed E-state index contributed by atoms with van der Waals surface area (Å²) in [5, 5.41) is 2.80. The van der Waals surface area contributed by atoms with Crippen molar-refractivity contribution in [3.05, 3.63) is 24.3 Å². The maximum Gasteiger partial charge on any atom is 0.254 e. The summed E-state index contributed by atoms with van der Waals surface area (Å²) in [5.74, 6) is -0.209. The van der Waals surface area contributed by atoms with Crippen molar-refractivity contribution in [2.45, 2.75) is 18.9 Å². The molecule has 1 atom stereocenters. The lowest BCUT2D eigenvalue weighted by molar-refractivity contribution is -0.125. The van der Waals surface area contributed by atoms with Crippen molar-refractivity contribution >= 4 is 17.3 Å². The fourth-order valence-corrected chi connectivity index (χ4v) is 2.26. The van der Waals surface area contributed by atoms with Crippen molar-refractivity contribution in [1.82, 2.24) is 0 Å². The van der Waals surface area contributed by atoms with Gasteiger partial charge in [0.1, 0.15) is 6.10 Å². The lowest BCUT2D eigenvalue weighted by Crippen LogP contribution is -2.35. The first-order valence-corrected chi connectivity index (χ1v) is 6.63. The summed E-state index contributed by atoms with van der Waals surface area (Å²) in [7, 11) is 1.48. The number of rotatable bonds is 5. The number of carbonyl (C=O) groups is 1. The van der Waals surface area contributed by atoms with Gasteiger partial charge in [0.2, 0.25) is 0 Å². The van der Waals surface area contributed by atoms with Gasteiger partial charge in [-0.1, -0.05) is 0 Å². The van der Waals surface area contributed by atoms with Gasteiger partial charge in [0.25, 0.3) is 5.91 Å². The minimum atomic E-state index is -0.599. The Morgan fingerprint density at radius 2 is 2.00 bits per heavy atom. The minimum absolute atomic E-state index is 0.175. The fraction of sp³-hybridized carbons (Fsp3) is 0.500. The van der Waals surface area contributed by atoms with Crippen LogP contribution in [0.25, 0.3) is 0 Å². The van der Waals surface area contributed by atoms with E-state index in [1.165, 1.54) is 25.6 Å². The second-order valence-electron chi connectivity index (χ2n) is 4.69. The van der Waals surface area contributed by atoms with Gasteiger partial charge < -0.3 is 20.7 Å². The van der Waals surface area contributed by atoms with Gasteiger partial charge in [-0.15, -0.1) is 0 Å². The third-order valence-corrected chi connectivity index (χ3v) is 3.40. The number of nitrogens with zero attached hydrogens (tertiary/aromatic N) is 1. The fourth-order valence-electron chi connectivity index (χ4n) is 2.26. The van der Waals surface area contributed by atoms with E-state index >= 15 is 0 Å². The molecule has 1 heterocycles. The minimum Gasteiger partial charge on any atom is -0.372 e. The quantitative estimate of drug-likeness (QED) is 0.837. The van der Waals surface area contributed by atoms with Crippen LogP contribution in [0.4, 0.5) is 11.4 Å². The summed E-state index contributed by atoms with van der Waals surface area (Å²) >= 11 is 0. The number of hydrogen-bond donors (Lipinski definition) is 2. The van der Waals surface area contributed by atoms with Crippen molar-refractivity contribution in [1.29, 1.82) is 0 Å². The lowest BCUT2D eigenvalue weighted by atomic mass is 10.2. The van der Waals surface area contributed by atoms with Crippen LogP contribution in [-0.2, 0) is 9.53 Å². The first-order chi connectivity index (χ1) is 9.24. The van der Waals surface area contributed by atoms with E-state index in [4.69, 9.17) is 10.5 Å². The Labute approximate surface area is 113 Å². The van der Waals surface area contributed by atoms with Crippen LogP contribution < -0.4 is 16.0 Å². The molecule has 1 unspecified atom stereocenters. The molecule has 1 aliphatic heterocycles. The van der Waals surface area contributed by atoms with Crippen LogP contribution in [0.1, 0.15) is 12.8 Å². The molecule has 0 spiro atoms. The van der Waals surface area contributed by atoms with Gasteiger partial charge in [-0.3, -0.25) is 4.79 Å². The zero-order valence-corrected chi connectivity index (χ0v) is 11.3. The Hall–Kier alpha value is -1.59. The van der Waals surface area contributed by atoms with Crippen molar-refractivity contribution < 1.29 is 9.53 Å². The predicted octanol–water partition coefficient (Wildman–Crippen LogP) is 1.20. The number of methoxy groups -OCH3 is 1. The number of nitrogens with one attached hydrogen (secondary N) is 1. The molecule has 0 aromatic heterocycles. The van der Waals surface area contributed by atoms with Crippen LogP contribution in [0.2, 0.25) is 0 Å². The van der Waals surface area contributed by atoms with Crippen molar-refractivity contribution in [2.75, 3.05) is 37.0 Å². The highest BCUT2D eigenvalue weighted by Gasteiger charge is 2.16. The van der Waals surface area contributed by atoms with Gasteiger partial charge in [0.05, 0.1) is 0 Å². The normalized spacial score (nSPS) is 16.4. The molecule has 0 bridgehead atoms. The third-order valence-electron chi connectivity index (χ3n) is 3.40. The van der Waals surface area contributed by atoms with Crippen LogP contribution in [0.3, 0.4) is 0 Å². The Balaban J connectivity index is 1.96. The second kappa shape index (κ2) is 6.54. The summed E-state index contributed by atoms with van der Waals surface area (Å²) in [6.07, 6.45) is 1.91. The molecular weight excluding hydrogens is 242 g/mol. The van der Waals surface area contributed by atoms with E-state index in [2.05, 4.69) is 10.2 Å². The smallest absolute Gasteiger partial charge is 0.254 e. The number of benzene rings is 1. The maximum absolute atomic E-state index is 11.8. The highest BCUT2D eigenvalue weighted by molar-refractivity contribution is 5.94. The number of carbonyl (C=O) groups excluding carboxylic acids is 1. The van der Waals surface area contributed by atoms with Crippen LogP contribution in [0, 0.1) is 0 Å². The molecule has 1 aromatic rings. The third kappa shape index (κ3) is 3.45. The van der Waals surface area contributed by atoms with Crippen LogP contribution in [-0.4, -0.2) is 38.8 Å². The topological polar surface area (TPSA) is 67.6 Å². The average Bonchev–Trinajstić information content (AvgIpc) is 2.95. The summed E-state index contributed by atoms with van der Waals surface area (Å²) in [4.78, 5) is 14.1. The van der Waals surface area contributed by atoms with E-state index in [9.17, 15) is 4.79 Å². The molecule has 19 heavy (non-hydrogen) atoms. The molecule has 1 saturated heterocycles. The highest BCUT2D eigenvalue weighted by Crippen LogP contribution is 2.22. The van der Waals surface area contributed by atoms with E-state index < -0.39 is 6.10 Å². The SMILES string of the molecule is COC(CN)C(=O)Nc1ccc(N2CCCC2)cc1. The monoisotopic (exact) mass is 263 g/mol. The van der Waals surface area contributed by atoms with E-state index in [1.807, 2.05) is 24.3 Å². The molecule has 3 N–H and O–H groups in total. The average molecular weight is 263 g/mol. The standard InChI is InChI=1S/C14H21N3O2/c1-19-13(10-15)14(18)16-11-4-6-12(7-5-11)17-8-2-3-9-17/h4-7,13H,2-3,8-10,15H2,1H3,(H,16,18). The molecule has 1 fully saturated rings. The van der Waals surface area contributed by atoms with E-state index in [-0.39, 0.29) is 12.5 Å². The summed E-state index contributed by atoms with van der Waals surface area (Å²) in [5.41, 5.74) is 7.43. The number of nitrogens with two attached hydrogens (primary N) is 1. The number of hydrogen-bond acceptors (Lipinski definition) is 4. The highest BCUT2D eigenvalue weighted by atomic mass is 16.5. The molecule has 104 valence electrons. The van der Waals surface area contributed by atoms with E-state index in [1.54, 1.807) is 0 Å². The Bertz CT molecular complexity index is 409. The van der Waals surface area contributed by atoms with Gasteiger partial charge in [0.15, 0.2) is 0 Å². The molecule has 0 saturated carbocycles. The first kappa shape index (κ1) is 13.8. The maximum atomic E-state index is 11.8. The zero-order chi connectivity index (χ0) is 13.7. The Kier molecular flexibility index (Phi) is 4.76. The summed E-state index contributed by atoms with van der Waals surface area (Å²) in [6.45, 7) is 2.41. The molecule has 5 nitrogen and oxygen atoms in total. The van der Waals surface area contributed by atoms with Crippen molar-refractivity contribution in [3.63, 3.8) is 0 Å². The summed E-state index contributed by atoms with van der Waals surface area (Å²) in [6, 6.07) is 7.89. The van der Waals surface area contributed by atoms with Crippen LogP contribution in [0.5, 0.6) is 0 Å². The number of amides is 1. The molecule has 0 radical (unpaired) electrons. The Morgan fingerprint density at radius 1 is 1.37 bits per heavy atom. The molecule has 0 aliphatic carbocycles. The van der Waals surface area contributed by atoms with Gasteiger partial charge in [-0.2, -0.15) is 0 Å². The molecule has 5 heteroatoms. The van der Waals surface area contributed by atoms with Gasteiger partial charge in [0, 0.05) is 38.1 Å². The lowest BCUT2D eigenvalue weighted by Gasteiger charge is -2.18. The van der Waals surface area contributed by atoms with E-state index in [0.717, 1.165) is 18.8 Å². The van der Waals surface area contributed by atoms with E-state index in [0.29, 0.717) is 0 Å². The van der Waals surface area contributed by atoms with Gasteiger partial charge in [-0.05, 0) is 37.1 Å². The van der Waals surface area contributed by atoms with Gasteiger partial charge >= 0.3 is 0 Å². The van der Waals surface area contributed by atoms with Crippen molar-refractivity contribution in [2.24, 2.45) is 5.73 Å². The van der Waals surface area contributed by atoms with Crippen molar-refractivity contribution in [3.8, 4) is 0 Å². The molecule has 1 amide bonds. The molecule has 1 aromatic carbocycles. The predicted molar refractivity (Wildman–Crippen MR) is 76.4 cm³/mol. The number of anilines is 2. The first-order valence-electron chi connectivity index (χ1n) is 6.63. The second-order valence-corrected chi connectivity index (χ2v) is 4.69. The van der Waals surface area contributed by atoms with Crippen LogP contribution >= 0.6 is 0 Å². The summed E-state index contributed by atoms with van der Waals surface area (Å²) < 4.78 is 4.99.